The lowest BCUT2D eigenvalue weighted by atomic mass is 9.85. The summed E-state index contributed by atoms with van der Waals surface area (Å²) in [6, 6.07) is -1.05. The zero-order valence-electron chi connectivity index (χ0n) is 11.3. The highest BCUT2D eigenvalue weighted by atomic mass is 32.2. The molecule has 0 radical (unpaired) electrons. The Kier molecular flexibility index (Phi) is 4.39. The second kappa shape index (κ2) is 5.64. The molecule has 1 saturated heterocycles. The zero-order chi connectivity index (χ0) is 15.8. The van der Waals surface area contributed by atoms with Crippen LogP contribution in [-0.4, -0.2) is 49.9 Å². The maximum absolute atomic E-state index is 12.7. The van der Waals surface area contributed by atoms with E-state index in [1.54, 1.807) is 0 Å². The number of primary sulfonamides is 1. The van der Waals surface area contributed by atoms with Gasteiger partial charge in [-0.05, 0) is 19.3 Å². The number of rotatable bonds is 2. The number of sulfonamides is 1. The molecule has 0 spiro atoms. The molecule has 6 nitrogen and oxygen atoms in total. The fourth-order valence-electron chi connectivity index (χ4n) is 2.70. The first-order valence-corrected chi connectivity index (χ1v) is 8.32. The van der Waals surface area contributed by atoms with Gasteiger partial charge in [-0.3, -0.25) is 0 Å². The zero-order valence-corrected chi connectivity index (χ0v) is 12.1. The highest BCUT2D eigenvalue weighted by Gasteiger charge is 2.43. The predicted molar refractivity (Wildman–Crippen MR) is 68.8 cm³/mol. The van der Waals surface area contributed by atoms with Gasteiger partial charge in [0.05, 0.1) is 5.92 Å². The molecule has 2 fully saturated rings. The number of hydrogen-bond acceptors (Lipinski definition) is 3. The fourth-order valence-corrected chi connectivity index (χ4v) is 3.47. The molecule has 2 unspecified atom stereocenters. The smallest absolute Gasteiger partial charge is 0.335 e. The minimum atomic E-state index is -4.24. The largest absolute Gasteiger partial charge is 0.391 e. The molecule has 1 aliphatic heterocycles. The molecule has 2 aliphatic rings. The van der Waals surface area contributed by atoms with E-state index in [9.17, 15) is 26.4 Å². The van der Waals surface area contributed by atoms with Crippen LogP contribution in [0.3, 0.4) is 0 Å². The van der Waals surface area contributed by atoms with E-state index in [1.165, 1.54) is 4.90 Å². The molecule has 2 rings (SSSR count). The maximum atomic E-state index is 12.7. The van der Waals surface area contributed by atoms with E-state index < -0.39 is 39.4 Å². The summed E-state index contributed by atoms with van der Waals surface area (Å²) in [6.45, 7) is -0.0276. The topological polar surface area (TPSA) is 92.5 Å². The van der Waals surface area contributed by atoms with Gasteiger partial charge < -0.3 is 10.2 Å². The van der Waals surface area contributed by atoms with Gasteiger partial charge in [0.2, 0.25) is 10.0 Å². The normalized spacial score (nSPS) is 28.1. The second-order valence-corrected chi connectivity index (χ2v) is 7.51. The first-order chi connectivity index (χ1) is 9.57. The average molecular weight is 329 g/mol. The highest BCUT2D eigenvalue weighted by Crippen LogP contribution is 2.37. The van der Waals surface area contributed by atoms with E-state index in [2.05, 4.69) is 5.32 Å². The number of nitrogens with zero attached hydrogens (tertiary/aromatic N) is 1. The first kappa shape index (κ1) is 16.3. The van der Waals surface area contributed by atoms with Crippen LogP contribution >= 0.6 is 0 Å². The third-order valence-corrected chi connectivity index (χ3v) is 5.29. The molecule has 21 heavy (non-hydrogen) atoms. The molecule has 2 atom stereocenters. The van der Waals surface area contributed by atoms with Crippen molar-refractivity contribution in [3.05, 3.63) is 0 Å². The Morgan fingerprint density at radius 1 is 1.24 bits per heavy atom. The van der Waals surface area contributed by atoms with Gasteiger partial charge in [0.15, 0.2) is 0 Å². The van der Waals surface area contributed by atoms with Crippen molar-refractivity contribution in [1.29, 1.82) is 0 Å². The van der Waals surface area contributed by atoms with E-state index in [0.29, 0.717) is 12.8 Å². The number of hydrogen-bond donors (Lipinski definition) is 2. The lowest BCUT2D eigenvalue weighted by Crippen LogP contribution is -2.62. The van der Waals surface area contributed by atoms with Gasteiger partial charge in [-0.25, -0.2) is 18.4 Å². The van der Waals surface area contributed by atoms with E-state index in [0.717, 1.165) is 0 Å². The fraction of sp³-hybridized carbons (Fsp3) is 0.909. The van der Waals surface area contributed by atoms with Crippen LogP contribution in [0, 0.1) is 5.92 Å². The van der Waals surface area contributed by atoms with Crippen molar-refractivity contribution in [2.24, 2.45) is 11.1 Å². The number of amides is 2. The minimum Gasteiger partial charge on any atom is -0.335 e. The molecule has 2 amide bonds. The summed E-state index contributed by atoms with van der Waals surface area (Å²) in [7, 11) is -3.66. The predicted octanol–water partition coefficient (Wildman–Crippen LogP) is 0.790. The number of urea groups is 1. The van der Waals surface area contributed by atoms with Crippen LogP contribution in [0.4, 0.5) is 18.0 Å². The average Bonchev–Trinajstić information content (AvgIpc) is 2.23. The van der Waals surface area contributed by atoms with E-state index >= 15 is 0 Å². The molecule has 1 aliphatic carbocycles. The molecule has 0 aromatic heterocycles. The van der Waals surface area contributed by atoms with Crippen molar-refractivity contribution in [3.8, 4) is 0 Å². The van der Waals surface area contributed by atoms with Crippen LogP contribution in [0.2, 0.25) is 0 Å². The standard InChI is InChI=1S/C11H18F3N3O3S/c12-11(13,14)7-2-1-3-8(4-7)16-10(18)17-5-9(6-17)21(15,19)20/h7-9H,1-6H2,(H,16,18)(H2,15,19,20). The summed E-state index contributed by atoms with van der Waals surface area (Å²) in [4.78, 5) is 13.1. The summed E-state index contributed by atoms with van der Waals surface area (Å²) in [5, 5.41) is 6.71. The minimum absolute atomic E-state index is 0.0138. The number of likely N-dealkylation sites (tertiary alicyclic amines) is 1. The Hall–Kier alpha value is -1.03. The molecule has 0 bridgehead atoms. The van der Waals surface area contributed by atoms with Crippen LogP contribution < -0.4 is 10.5 Å². The number of halogens is 3. The second-order valence-electron chi connectivity index (χ2n) is 5.67. The Labute approximate surface area is 120 Å². The van der Waals surface area contributed by atoms with Crippen molar-refractivity contribution < 1.29 is 26.4 Å². The van der Waals surface area contributed by atoms with Gasteiger partial charge in [-0.2, -0.15) is 13.2 Å². The summed E-state index contributed by atoms with van der Waals surface area (Å²) in [5.41, 5.74) is 0. The van der Waals surface area contributed by atoms with Crippen molar-refractivity contribution in [2.45, 2.75) is 43.2 Å². The van der Waals surface area contributed by atoms with Crippen LogP contribution in [0.1, 0.15) is 25.7 Å². The van der Waals surface area contributed by atoms with Gasteiger partial charge in [0.25, 0.3) is 0 Å². The van der Waals surface area contributed by atoms with E-state index in [1.807, 2.05) is 0 Å². The molecule has 1 saturated carbocycles. The van der Waals surface area contributed by atoms with E-state index in [-0.39, 0.29) is 25.9 Å². The number of alkyl halides is 3. The van der Waals surface area contributed by atoms with Crippen LogP contribution in [-0.2, 0) is 10.0 Å². The Morgan fingerprint density at radius 2 is 1.86 bits per heavy atom. The van der Waals surface area contributed by atoms with Crippen LogP contribution in [0.25, 0.3) is 0 Å². The number of nitrogens with two attached hydrogens (primary N) is 1. The summed E-state index contributed by atoms with van der Waals surface area (Å²) < 4.78 is 60.0. The quantitative estimate of drug-likeness (QED) is 0.784. The maximum Gasteiger partial charge on any atom is 0.391 e. The molecule has 1 heterocycles. The van der Waals surface area contributed by atoms with Crippen molar-refractivity contribution in [2.75, 3.05) is 13.1 Å². The molecular formula is C11H18F3N3O3S. The Bertz CT molecular complexity index is 503. The molecule has 10 heteroatoms. The molecule has 3 N–H and O–H groups in total. The van der Waals surface area contributed by atoms with Crippen LogP contribution in [0.5, 0.6) is 0 Å². The van der Waals surface area contributed by atoms with Gasteiger partial charge in [-0.15, -0.1) is 0 Å². The van der Waals surface area contributed by atoms with Gasteiger partial charge in [0.1, 0.15) is 5.25 Å². The SMILES string of the molecule is NS(=O)(=O)C1CN(C(=O)NC2CCCC(C(F)(F)F)C2)C1. The van der Waals surface area contributed by atoms with Gasteiger partial charge in [-0.1, -0.05) is 6.42 Å². The molecule has 122 valence electrons. The lowest BCUT2D eigenvalue weighted by molar-refractivity contribution is -0.183. The molecular weight excluding hydrogens is 311 g/mol. The highest BCUT2D eigenvalue weighted by molar-refractivity contribution is 7.89. The Balaban J connectivity index is 1.81. The number of carbonyl (C=O) groups is 1. The third kappa shape index (κ3) is 4.00. The summed E-state index contributed by atoms with van der Waals surface area (Å²) >= 11 is 0. The van der Waals surface area contributed by atoms with Gasteiger partial charge >= 0.3 is 12.2 Å². The van der Waals surface area contributed by atoms with Crippen molar-refractivity contribution in [3.63, 3.8) is 0 Å². The first-order valence-electron chi connectivity index (χ1n) is 6.71. The number of carbonyl (C=O) groups excluding carboxylic acids is 1. The van der Waals surface area contributed by atoms with Gasteiger partial charge in [0, 0.05) is 19.1 Å². The monoisotopic (exact) mass is 329 g/mol. The van der Waals surface area contributed by atoms with E-state index in [4.69, 9.17) is 5.14 Å². The Morgan fingerprint density at radius 3 is 2.38 bits per heavy atom. The van der Waals surface area contributed by atoms with Crippen LogP contribution in [0.15, 0.2) is 0 Å². The lowest BCUT2D eigenvalue weighted by Gasteiger charge is -2.39. The third-order valence-electron chi connectivity index (χ3n) is 4.06. The number of nitrogens with one attached hydrogen (secondary N) is 1. The van der Waals surface area contributed by atoms with Crippen molar-refractivity contribution in [1.82, 2.24) is 10.2 Å². The molecule has 0 aromatic carbocycles. The van der Waals surface area contributed by atoms with Crippen molar-refractivity contribution >= 4 is 16.1 Å². The molecule has 0 aromatic rings. The summed E-state index contributed by atoms with van der Waals surface area (Å²) in [6.07, 6.45) is -3.35. The summed E-state index contributed by atoms with van der Waals surface area (Å²) in [5.74, 6) is -1.38.